The molecular formula is C42H26S. The number of benzene rings is 8. The van der Waals surface area contributed by atoms with Gasteiger partial charge in [0.05, 0.1) is 0 Å². The molecule has 8 aromatic carbocycles. The lowest BCUT2D eigenvalue weighted by Gasteiger charge is -2.18. The fourth-order valence-corrected chi connectivity index (χ4v) is 8.15. The fourth-order valence-electron chi connectivity index (χ4n) is 6.89. The highest BCUT2D eigenvalue weighted by Gasteiger charge is 2.19. The van der Waals surface area contributed by atoms with Crippen molar-refractivity contribution in [3.05, 3.63) is 158 Å². The molecule has 1 heteroatoms. The van der Waals surface area contributed by atoms with Gasteiger partial charge in [-0.1, -0.05) is 140 Å². The molecule has 0 radical (unpaired) electrons. The summed E-state index contributed by atoms with van der Waals surface area (Å²) in [6.45, 7) is 0. The molecule has 0 unspecified atom stereocenters. The van der Waals surface area contributed by atoms with E-state index in [2.05, 4.69) is 158 Å². The first kappa shape index (κ1) is 24.4. The first-order valence-corrected chi connectivity index (χ1v) is 15.6. The minimum Gasteiger partial charge on any atom is -0.135 e. The third-order valence-corrected chi connectivity index (χ3v) is 10.0. The lowest BCUT2D eigenvalue weighted by Crippen LogP contribution is -1.91. The predicted molar refractivity (Wildman–Crippen MR) is 188 cm³/mol. The second-order valence-electron chi connectivity index (χ2n) is 11.3. The van der Waals surface area contributed by atoms with Crippen molar-refractivity contribution in [1.82, 2.24) is 0 Å². The zero-order valence-electron chi connectivity index (χ0n) is 23.4. The second-order valence-corrected chi connectivity index (χ2v) is 12.3. The minimum atomic E-state index is 1.23. The SMILES string of the molecule is c1ccc(-c2cccc(-c3c4ccccc4c(-c4cccc5c4sc4cc6ccccc6cc45)c4ccccc34)c2)cc1. The van der Waals surface area contributed by atoms with E-state index in [4.69, 9.17) is 0 Å². The first-order valence-electron chi connectivity index (χ1n) is 14.8. The van der Waals surface area contributed by atoms with Crippen LogP contribution >= 0.6 is 11.3 Å². The molecule has 1 aromatic heterocycles. The predicted octanol–water partition coefficient (Wildman–Crippen LogP) is 12.5. The van der Waals surface area contributed by atoms with Gasteiger partial charge in [-0.2, -0.15) is 0 Å². The number of fused-ring (bicyclic) bond motifs is 6. The summed E-state index contributed by atoms with van der Waals surface area (Å²) in [5.74, 6) is 0. The van der Waals surface area contributed by atoms with Crippen molar-refractivity contribution in [1.29, 1.82) is 0 Å². The molecule has 0 aliphatic rings. The van der Waals surface area contributed by atoms with Crippen molar-refractivity contribution < 1.29 is 0 Å². The van der Waals surface area contributed by atoms with Crippen LogP contribution in [0.2, 0.25) is 0 Å². The first-order chi connectivity index (χ1) is 21.3. The van der Waals surface area contributed by atoms with E-state index < -0.39 is 0 Å². The minimum absolute atomic E-state index is 1.23. The molecule has 0 aliphatic carbocycles. The Morgan fingerprint density at radius 1 is 0.326 bits per heavy atom. The summed E-state index contributed by atoms with van der Waals surface area (Å²) in [4.78, 5) is 0. The Balaban J connectivity index is 1.37. The van der Waals surface area contributed by atoms with E-state index in [9.17, 15) is 0 Å². The van der Waals surface area contributed by atoms with Crippen LogP contribution in [0.25, 0.3) is 85.9 Å². The van der Waals surface area contributed by atoms with E-state index >= 15 is 0 Å². The highest BCUT2D eigenvalue weighted by molar-refractivity contribution is 7.26. The van der Waals surface area contributed by atoms with Crippen molar-refractivity contribution in [2.24, 2.45) is 0 Å². The maximum Gasteiger partial charge on any atom is 0.0434 e. The van der Waals surface area contributed by atoms with E-state index in [0.29, 0.717) is 0 Å². The van der Waals surface area contributed by atoms with E-state index in [1.54, 1.807) is 0 Å². The number of hydrogen-bond donors (Lipinski definition) is 0. The average molecular weight is 563 g/mol. The van der Waals surface area contributed by atoms with Crippen LogP contribution in [-0.4, -0.2) is 0 Å². The van der Waals surface area contributed by atoms with Gasteiger partial charge in [0.15, 0.2) is 0 Å². The molecule has 43 heavy (non-hydrogen) atoms. The van der Waals surface area contributed by atoms with E-state index in [0.717, 1.165) is 0 Å². The number of rotatable bonds is 3. The van der Waals surface area contributed by atoms with Crippen molar-refractivity contribution in [3.8, 4) is 33.4 Å². The van der Waals surface area contributed by atoms with Crippen molar-refractivity contribution in [2.75, 3.05) is 0 Å². The summed E-state index contributed by atoms with van der Waals surface area (Å²) in [6.07, 6.45) is 0. The van der Waals surface area contributed by atoms with Gasteiger partial charge in [0.1, 0.15) is 0 Å². The summed E-state index contributed by atoms with van der Waals surface area (Å²) in [6, 6.07) is 57.9. The monoisotopic (exact) mass is 562 g/mol. The fraction of sp³-hybridized carbons (Fsp3) is 0. The van der Waals surface area contributed by atoms with Gasteiger partial charge in [0, 0.05) is 25.7 Å². The molecular weight excluding hydrogens is 537 g/mol. The van der Waals surface area contributed by atoms with Crippen LogP contribution in [0, 0.1) is 0 Å². The van der Waals surface area contributed by atoms with E-state index in [1.807, 2.05) is 11.3 Å². The van der Waals surface area contributed by atoms with Crippen LogP contribution in [0.5, 0.6) is 0 Å². The second kappa shape index (κ2) is 9.66. The van der Waals surface area contributed by atoms with Gasteiger partial charge in [-0.3, -0.25) is 0 Å². The topological polar surface area (TPSA) is 0 Å². The standard InChI is InChI=1S/C42H26S/c1-2-12-27(13-3-1)28-16-10-17-31(24-28)40-32-18-6-8-20-34(32)41(35-21-9-7-19-33(35)40)37-23-11-22-36-38-25-29-14-4-5-15-30(29)26-39(38)43-42(36)37/h1-26H. The largest absolute Gasteiger partial charge is 0.135 e. The Morgan fingerprint density at radius 2 is 0.860 bits per heavy atom. The van der Waals surface area contributed by atoms with Gasteiger partial charge in [-0.15, -0.1) is 11.3 Å². The van der Waals surface area contributed by atoms with E-state index in [-0.39, 0.29) is 0 Å². The third kappa shape index (κ3) is 3.82. The quantitative estimate of drug-likeness (QED) is 0.188. The van der Waals surface area contributed by atoms with Gasteiger partial charge in [0.2, 0.25) is 0 Å². The summed E-state index contributed by atoms with van der Waals surface area (Å²) >= 11 is 1.92. The Morgan fingerprint density at radius 3 is 1.58 bits per heavy atom. The number of hydrogen-bond acceptors (Lipinski definition) is 1. The molecule has 0 atom stereocenters. The number of thiophene rings is 1. The van der Waals surface area contributed by atoms with Crippen LogP contribution in [0.1, 0.15) is 0 Å². The molecule has 0 bridgehead atoms. The van der Waals surface area contributed by atoms with E-state index in [1.165, 1.54) is 85.9 Å². The Kier molecular flexibility index (Phi) is 5.47. The highest BCUT2D eigenvalue weighted by atomic mass is 32.1. The van der Waals surface area contributed by atoms with Gasteiger partial charge < -0.3 is 0 Å². The van der Waals surface area contributed by atoms with Gasteiger partial charge in [-0.25, -0.2) is 0 Å². The zero-order chi connectivity index (χ0) is 28.3. The lowest BCUT2D eigenvalue weighted by atomic mass is 9.85. The summed E-state index contributed by atoms with van der Waals surface area (Å²) in [5, 5.41) is 10.4. The van der Waals surface area contributed by atoms with Gasteiger partial charge in [-0.05, 0) is 78.3 Å². The maximum absolute atomic E-state index is 2.37. The summed E-state index contributed by atoms with van der Waals surface area (Å²) in [5.41, 5.74) is 7.63. The molecule has 200 valence electrons. The highest BCUT2D eigenvalue weighted by Crippen LogP contribution is 2.48. The van der Waals surface area contributed by atoms with Crippen LogP contribution in [0.3, 0.4) is 0 Å². The molecule has 0 saturated carbocycles. The Bertz CT molecular complexity index is 2440. The van der Waals surface area contributed by atoms with Crippen LogP contribution in [0.4, 0.5) is 0 Å². The normalized spacial score (nSPS) is 11.7. The zero-order valence-corrected chi connectivity index (χ0v) is 24.2. The molecule has 1 heterocycles. The average Bonchev–Trinajstić information content (AvgIpc) is 3.44. The van der Waals surface area contributed by atoms with Crippen molar-refractivity contribution in [3.63, 3.8) is 0 Å². The summed E-state index contributed by atoms with van der Waals surface area (Å²) < 4.78 is 2.69. The smallest absolute Gasteiger partial charge is 0.0434 e. The molecule has 0 N–H and O–H groups in total. The van der Waals surface area contributed by atoms with Crippen molar-refractivity contribution in [2.45, 2.75) is 0 Å². The van der Waals surface area contributed by atoms with Crippen LogP contribution < -0.4 is 0 Å². The molecule has 0 aliphatic heterocycles. The Hall–Kier alpha value is -5.24. The molecule has 9 rings (SSSR count). The van der Waals surface area contributed by atoms with Crippen LogP contribution in [-0.2, 0) is 0 Å². The molecule has 0 spiro atoms. The maximum atomic E-state index is 2.37. The molecule has 0 amide bonds. The molecule has 0 fully saturated rings. The third-order valence-electron chi connectivity index (χ3n) is 8.82. The lowest BCUT2D eigenvalue weighted by molar-refractivity contribution is 1.61. The Labute approximate surface area is 254 Å². The van der Waals surface area contributed by atoms with Gasteiger partial charge in [0.25, 0.3) is 0 Å². The van der Waals surface area contributed by atoms with Gasteiger partial charge >= 0.3 is 0 Å². The van der Waals surface area contributed by atoms with Crippen molar-refractivity contribution >= 4 is 63.8 Å². The molecule has 9 aromatic rings. The molecule has 0 nitrogen and oxygen atoms in total. The van der Waals surface area contributed by atoms with Crippen LogP contribution in [0.15, 0.2) is 158 Å². The molecule has 0 saturated heterocycles. The summed E-state index contributed by atoms with van der Waals surface area (Å²) in [7, 11) is 0.